The SMILES string of the molecule is C#CCCCCC(=O)NCCOc1cccc(N)c1. The molecule has 1 aromatic rings. The molecule has 4 nitrogen and oxygen atoms in total. The molecule has 0 saturated carbocycles. The van der Waals surface area contributed by atoms with Gasteiger partial charge in [0, 0.05) is 24.6 Å². The summed E-state index contributed by atoms with van der Waals surface area (Å²) < 4.78 is 5.46. The van der Waals surface area contributed by atoms with Crippen molar-refractivity contribution in [3.63, 3.8) is 0 Å². The number of hydrogen-bond acceptors (Lipinski definition) is 3. The van der Waals surface area contributed by atoms with Crippen molar-refractivity contribution < 1.29 is 9.53 Å². The van der Waals surface area contributed by atoms with Gasteiger partial charge in [0.05, 0.1) is 6.54 Å². The Kier molecular flexibility index (Phi) is 6.96. The minimum atomic E-state index is 0.0354. The monoisotopic (exact) mass is 260 g/mol. The highest BCUT2D eigenvalue weighted by molar-refractivity contribution is 5.75. The van der Waals surface area contributed by atoms with E-state index in [2.05, 4.69) is 11.2 Å². The summed E-state index contributed by atoms with van der Waals surface area (Å²) in [4.78, 5) is 11.4. The number of nitrogen functional groups attached to an aromatic ring is 1. The van der Waals surface area contributed by atoms with E-state index < -0.39 is 0 Å². The van der Waals surface area contributed by atoms with Crippen molar-refractivity contribution in [2.24, 2.45) is 0 Å². The van der Waals surface area contributed by atoms with Crippen LogP contribution < -0.4 is 15.8 Å². The maximum absolute atomic E-state index is 11.4. The van der Waals surface area contributed by atoms with Crippen molar-refractivity contribution in [2.45, 2.75) is 25.7 Å². The van der Waals surface area contributed by atoms with Gasteiger partial charge in [0.2, 0.25) is 5.91 Å². The molecule has 0 aliphatic heterocycles. The number of unbranched alkanes of at least 4 members (excludes halogenated alkanes) is 2. The summed E-state index contributed by atoms with van der Waals surface area (Å²) >= 11 is 0. The lowest BCUT2D eigenvalue weighted by atomic mass is 10.2. The molecule has 0 atom stereocenters. The van der Waals surface area contributed by atoms with Crippen molar-refractivity contribution in [2.75, 3.05) is 18.9 Å². The number of terminal acetylenes is 1. The van der Waals surface area contributed by atoms with Crippen LogP contribution in [0.15, 0.2) is 24.3 Å². The second kappa shape index (κ2) is 8.87. The minimum Gasteiger partial charge on any atom is -0.492 e. The van der Waals surface area contributed by atoms with Gasteiger partial charge in [-0.3, -0.25) is 4.79 Å². The predicted octanol–water partition coefficient (Wildman–Crippen LogP) is 1.96. The fraction of sp³-hybridized carbons (Fsp3) is 0.400. The zero-order chi connectivity index (χ0) is 13.9. The molecule has 0 fully saturated rings. The van der Waals surface area contributed by atoms with Crippen LogP contribution in [0.5, 0.6) is 5.75 Å². The van der Waals surface area contributed by atoms with Crippen molar-refractivity contribution >= 4 is 11.6 Å². The normalized spacial score (nSPS) is 9.63. The van der Waals surface area contributed by atoms with Gasteiger partial charge in [0.15, 0.2) is 0 Å². The number of carbonyl (C=O) groups excluding carboxylic acids is 1. The first kappa shape index (κ1) is 14.9. The minimum absolute atomic E-state index is 0.0354. The Bertz CT molecular complexity index is 438. The van der Waals surface area contributed by atoms with Gasteiger partial charge in [-0.2, -0.15) is 0 Å². The van der Waals surface area contributed by atoms with Crippen LogP contribution in [0.25, 0.3) is 0 Å². The zero-order valence-corrected chi connectivity index (χ0v) is 11.0. The standard InChI is InChI=1S/C15H20N2O2/c1-2-3-4-5-9-15(18)17-10-11-19-14-8-6-7-13(16)12-14/h1,6-8,12H,3-5,9-11,16H2,(H,17,18). The van der Waals surface area contributed by atoms with E-state index >= 15 is 0 Å². The molecular formula is C15H20N2O2. The van der Waals surface area contributed by atoms with E-state index in [1.54, 1.807) is 12.1 Å². The van der Waals surface area contributed by atoms with E-state index in [9.17, 15) is 4.79 Å². The third kappa shape index (κ3) is 6.99. The topological polar surface area (TPSA) is 64.3 Å². The molecule has 102 valence electrons. The fourth-order valence-electron chi connectivity index (χ4n) is 1.56. The lowest BCUT2D eigenvalue weighted by Gasteiger charge is -2.08. The van der Waals surface area contributed by atoms with E-state index in [0.29, 0.717) is 31.0 Å². The van der Waals surface area contributed by atoms with Crippen LogP contribution in [-0.4, -0.2) is 19.1 Å². The number of nitrogens with one attached hydrogen (secondary N) is 1. The molecule has 0 spiro atoms. The Labute approximate surface area is 114 Å². The smallest absolute Gasteiger partial charge is 0.220 e. The molecule has 0 heterocycles. The van der Waals surface area contributed by atoms with Crippen LogP contribution in [0.4, 0.5) is 5.69 Å². The Balaban J connectivity index is 2.07. The number of ether oxygens (including phenoxy) is 1. The summed E-state index contributed by atoms with van der Waals surface area (Å²) in [7, 11) is 0. The maximum Gasteiger partial charge on any atom is 0.220 e. The number of carbonyl (C=O) groups is 1. The van der Waals surface area contributed by atoms with Crippen LogP contribution in [0.3, 0.4) is 0 Å². The van der Waals surface area contributed by atoms with E-state index in [1.807, 2.05) is 12.1 Å². The molecule has 1 aromatic carbocycles. The average Bonchev–Trinajstić information content (AvgIpc) is 2.40. The first-order chi connectivity index (χ1) is 9.22. The Morgan fingerprint density at radius 1 is 1.42 bits per heavy atom. The summed E-state index contributed by atoms with van der Waals surface area (Å²) in [6.45, 7) is 0.919. The molecule has 0 saturated heterocycles. The number of nitrogens with two attached hydrogens (primary N) is 1. The lowest BCUT2D eigenvalue weighted by molar-refractivity contribution is -0.121. The van der Waals surface area contributed by atoms with Crippen LogP contribution >= 0.6 is 0 Å². The number of amides is 1. The van der Waals surface area contributed by atoms with Crippen LogP contribution in [0.1, 0.15) is 25.7 Å². The van der Waals surface area contributed by atoms with Gasteiger partial charge < -0.3 is 15.8 Å². The first-order valence-electron chi connectivity index (χ1n) is 6.41. The zero-order valence-electron chi connectivity index (χ0n) is 11.0. The summed E-state index contributed by atoms with van der Waals surface area (Å²) in [5.74, 6) is 3.30. The summed E-state index contributed by atoms with van der Waals surface area (Å²) in [5, 5.41) is 2.80. The molecular weight excluding hydrogens is 240 g/mol. The van der Waals surface area contributed by atoms with Gasteiger partial charge in [0.1, 0.15) is 12.4 Å². The van der Waals surface area contributed by atoms with E-state index in [1.165, 1.54) is 0 Å². The molecule has 1 amide bonds. The van der Waals surface area contributed by atoms with Gasteiger partial charge in [-0.1, -0.05) is 6.07 Å². The van der Waals surface area contributed by atoms with Crippen LogP contribution in [-0.2, 0) is 4.79 Å². The molecule has 0 aliphatic carbocycles. The molecule has 0 unspecified atom stereocenters. The number of anilines is 1. The summed E-state index contributed by atoms with van der Waals surface area (Å²) in [6.07, 6.45) is 8.09. The number of benzene rings is 1. The van der Waals surface area contributed by atoms with Gasteiger partial charge in [0.25, 0.3) is 0 Å². The number of rotatable bonds is 8. The lowest BCUT2D eigenvalue weighted by Crippen LogP contribution is -2.27. The second-order valence-electron chi connectivity index (χ2n) is 4.18. The average molecular weight is 260 g/mol. The van der Waals surface area contributed by atoms with E-state index in [0.717, 1.165) is 19.3 Å². The third-order valence-electron chi connectivity index (χ3n) is 2.53. The van der Waals surface area contributed by atoms with Crippen molar-refractivity contribution in [1.29, 1.82) is 0 Å². The van der Waals surface area contributed by atoms with E-state index in [-0.39, 0.29) is 5.91 Å². The largest absolute Gasteiger partial charge is 0.492 e. The number of hydrogen-bond donors (Lipinski definition) is 2. The fourth-order valence-corrected chi connectivity index (χ4v) is 1.56. The molecule has 1 rings (SSSR count). The van der Waals surface area contributed by atoms with Gasteiger partial charge in [-0.05, 0) is 25.0 Å². The highest BCUT2D eigenvalue weighted by Crippen LogP contribution is 2.13. The highest BCUT2D eigenvalue weighted by Gasteiger charge is 2.00. The molecule has 19 heavy (non-hydrogen) atoms. The summed E-state index contributed by atoms with van der Waals surface area (Å²) in [5.41, 5.74) is 6.29. The van der Waals surface area contributed by atoms with Crippen molar-refractivity contribution in [3.05, 3.63) is 24.3 Å². The molecule has 0 bridgehead atoms. The Morgan fingerprint density at radius 3 is 3.00 bits per heavy atom. The molecule has 4 heteroatoms. The maximum atomic E-state index is 11.4. The quantitative estimate of drug-likeness (QED) is 0.426. The van der Waals surface area contributed by atoms with E-state index in [4.69, 9.17) is 16.9 Å². The molecule has 0 radical (unpaired) electrons. The molecule has 0 aromatic heterocycles. The third-order valence-corrected chi connectivity index (χ3v) is 2.53. The van der Waals surface area contributed by atoms with Crippen LogP contribution in [0, 0.1) is 12.3 Å². The van der Waals surface area contributed by atoms with Crippen molar-refractivity contribution in [1.82, 2.24) is 5.32 Å². The van der Waals surface area contributed by atoms with Crippen LogP contribution in [0.2, 0.25) is 0 Å². The first-order valence-corrected chi connectivity index (χ1v) is 6.41. The van der Waals surface area contributed by atoms with Gasteiger partial charge >= 0.3 is 0 Å². The molecule has 3 N–H and O–H groups in total. The summed E-state index contributed by atoms with van der Waals surface area (Å²) in [6, 6.07) is 7.21. The second-order valence-corrected chi connectivity index (χ2v) is 4.18. The Hall–Kier alpha value is -2.15. The van der Waals surface area contributed by atoms with Crippen molar-refractivity contribution in [3.8, 4) is 18.1 Å². The van der Waals surface area contributed by atoms with Gasteiger partial charge in [-0.15, -0.1) is 12.3 Å². The highest BCUT2D eigenvalue weighted by atomic mass is 16.5. The predicted molar refractivity (Wildman–Crippen MR) is 76.7 cm³/mol. The Morgan fingerprint density at radius 2 is 2.26 bits per heavy atom. The van der Waals surface area contributed by atoms with Gasteiger partial charge in [-0.25, -0.2) is 0 Å². The molecule has 0 aliphatic rings.